The van der Waals surface area contributed by atoms with E-state index >= 15 is 0 Å². The Morgan fingerprint density at radius 2 is 1.87 bits per heavy atom. The number of rotatable bonds is 6. The SMILES string of the molecule is CCCCN1C(=O)C(=O)/C(=C(/O)c2cc(Cl)cc(Cl)c2OC)C1c1ccc(F)cc1. The van der Waals surface area contributed by atoms with Crippen molar-refractivity contribution in [3.63, 3.8) is 0 Å². The van der Waals surface area contributed by atoms with Crippen LogP contribution < -0.4 is 4.74 Å². The number of carbonyl (C=O) groups is 2. The van der Waals surface area contributed by atoms with E-state index in [1.165, 1.54) is 48.4 Å². The van der Waals surface area contributed by atoms with Crippen LogP contribution in [0.2, 0.25) is 10.0 Å². The standard InChI is InChI=1S/C22H20Cl2FNO4/c1-3-4-9-26-18(12-5-7-14(25)8-6-12)17(20(28)22(26)29)19(27)15-10-13(23)11-16(24)21(15)30-2/h5-8,10-11,18,27H,3-4,9H2,1-2H3/b19-17+. The van der Waals surface area contributed by atoms with Crippen molar-refractivity contribution in [1.82, 2.24) is 4.90 Å². The summed E-state index contributed by atoms with van der Waals surface area (Å²) >= 11 is 12.3. The number of benzene rings is 2. The van der Waals surface area contributed by atoms with E-state index in [-0.39, 0.29) is 26.9 Å². The number of aliphatic hydroxyl groups excluding tert-OH is 1. The van der Waals surface area contributed by atoms with Crippen molar-refractivity contribution in [2.75, 3.05) is 13.7 Å². The lowest BCUT2D eigenvalue weighted by atomic mass is 9.95. The molecule has 1 saturated heterocycles. The van der Waals surface area contributed by atoms with Crippen LogP contribution in [0.15, 0.2) is 42.0 Å². The average molecular weight is 452 g/mol. The minimum atomic E-state index is -0.875. The summed E-state index contributed by atoms with van der Waals surface area (Å²) in [4.78, 5) is 27.1. The van der Waals surface area contributed by atoms with Gasteiger partial charge in [-0.1, -0.05) is 48.7 Å². The van der Waals surface area contributed by atoms with E-state index in [1.807, 2.05) is 6.92 Å². The first-order valence-electron chi connectivity index (χ1n) is 9.37. The van der Waals surface area contributed by atoms with Crippen molar-refractivity contribution in [1.29, 1.82) is 0 Å². The predicted molar refractivity (Wildman–Crippen MR) is 113 cm³/mol. The van der Waals surface area contributed by atoms with Crippen LogP contribution in [0.25, 0.3) is 5.76 Å². The Labute approximate surface area is 183 Å². The molecule has 0 saturated carbocycles. The fourth-order valence-corrected chi connectivity index (χ4v) is 4.09. The van der Waals surface area contributed by atoms with Crippen LogP contribution in [0.3, 0.4) is 0 Å². The first-order valence-corrected chi connectivity index (χ1v) is 10.1. The average Bonchev–Trinajstić information content (AvgIpc) is 2.96. The zero-order valence-electron chi connectivity index (χ0n) is 16.4. The third kappa shape index (κ3) is 4.02. The molecule has 1 unspecified atom stereocenters. The summed E-state index contributed by atoms with van der Waals surface area (Å²) in [6.45, 7) is 2.27. The summed E-state index contributed by atoms with van der Waals surface area (Å²) in [5, 5.41) is 11.5. The second kappa shape index (κ2) is 9.06. The van der Waals surface area contributed by atoms with Crippen molar-refractivity contribution in [3.8, 4) is 5.75 Å². The molecule has 0 radical (unpaired) electrons. The maximum absolute atomic E-state index is 13.5. The Kier molecular flexibility index (Phi) is 6.68. The molecule has 0 aromatic heterocycles. The fourth-order valence-electron chi connectivity index (χ4n) is 3.52. The molecule has 3 rings (SSSR count). The highest BCUT2D eigenvalue weighted by Crippen LogP contribution is 2.43. The summed E-state index contributed by atoms with van der Waals surface area (Å²) in [6.07, 6.45) is 1.47. The number of unbranched alkanes of at least 4 members (excludes halogenated alkanes) is 1. The number of ether oxygens (including phenoxy) is 1. The van der Waals surface area contributed by atoms with Gasteiger partial charge in [0.2, 0.25) is 0 Å². The Morgan fingerprint density at radius 1 is 1.20 bits per heavy atom. The summed E-state index contributed by atoms with van der Waals surface area (Å²) in [5.74, 6) is -2.35. The Morgan fingerprint density at radius 3 is 2.47 bits per heavy atom. The highest BCUT2D eigenvalue weighted by molar-refractivity contribution is 6.46. The number of amides is 1. The molecular weight excluding hydrogens is 432 g/mol. The monoisotopic (exact) mass is 451 g/mol. The van der Waals surface area contributed by atoms with E-state index in [9.17, 15) is 19.1 Å². The molecule has 1 heterocycles. The van der Waals surface area contributed by atoms with Crippen molar-refractivity contribution in [2.24, 2.45) is 0 Å². The molecule has 1 aliphatic rings. The van der Waals surface area contributed by atoms with Crippen LogP contribution in [0.5, 0.6) is 5.75 Å². The molecule has 1 fully saturated rings. The zero-order valence-corrected chi connectivity index (χ0v) is 17.9. The topological polar surface area (TPSA) is 66.8 Å². The lowest BCUT2D eigenvalue weighted by Gasteiger charge is -2.25. The molecule has 0 bridgehead atoms. The number of hydrogen-bond donors (Lipinski definition) is 1. The lowest BCUT2D eigenvalue weighted by molar-refractivity contribution is -0.139. The summed E-state index contributed by atoms with van der Waals surface area (Å²) in [7, 11) is 1.36. The lowest BCUT2D eigenvalue weighted by Crippen LogP contribution is -2.30. The van der Waals surface area contributed by atoms with Gasteiger partial charge in [-0.25, -0.2) is 4.39 Å². The summed E-state index contributed by atoms with van der Waals surface area (Å²) in [5.41, 5.74) is 0.468. The van der Waals surface area contributed by atoms with Crippen LogP contribution in [0.1, 0.15) is 36.9 Å². The second-order valence-corrected chi connectivity index (χ2v) is 7.71. The van der Waals surface area contributed by atoms with Crippen LogP contribution in [-0.2, 0) is 9.59 Å². The molecule has 158 valence electrons. The van der Waals surface area contributed by atoms with Crippen molar-refractivity contribution < 1.29 is 23.8 Å². The van der Waals surface area contributed by atoms with E-state index in [1.54, 1.807) is 0 Å². The normalized spacial score (nSPS) is 18.2. The number of halogens is 3. The number of nitrogens with zero attached hydrogens (tertiary/aromatic N) is 1. The molecule has 5 nitrogen and oxygen atoms in total. The molecule has 1 aliphatic heterocycles. The Balaban J connectivity index is 2.25. The summed E-state index contributed by atoms with van der Waals surface area (Å²) in [6, 6.07) is 7.43. The van der Waals surface area contributed by atoms with E-state index in [4.69, 9.17) is 27.9 Å². The van der Waals surface area contributed by atoms with Gasteiger partial charge in [0.25, 0.3) is 11.7 Å². The van der Waals surface area contributed by atoms with E-state index in [0.717, 1.165) is 6.42 Å². The van der Waals surface area contributed by atoms with Crippen LogP contribution in [0.4, 0.5) is 4.39 Å². The first kappa shape index (κ1) is 22.1. The third-order valence-corrected chi connectivity index (χ3v) is 5.44. The number of likely N-dealkylation sites (tertiary alicyclic amines) is 1. The second-order valence-electron chi connectivity index (χ2n) is 6.87. The minimum absolute atomic E-state index is 0.0932. The number of methoxy groups -OCH3 is 1. The smallest absolute Gasteiger partial charge is 0.295 e. The maximum atomic E-state index is 13.5. The molecule has 0 aliphatic carbocycles. The molecule has 2 aromatic carbocycles. The third-order valence-electron chi connectivity index (χ3n) is 4.95. The van der Waals surface area contributed by atoms with E-state index in [0.29, 0.717) is 18.5 Å². The van der Waals surface area contributed by atoms with Crippen molar-refractivity contribution in [3.05, 3.63) is 69.0 Å². The first-order chi connectivity index (χ1) is 14.3. The quantitative estimate of drug-likeness (QED) is 0.364. The van der Waals surface area contributed by atoms with E-state index in [2.05, 4.69) is 0 Å². The molecule has 1 amide bonds. The van der Waals surface area contributed by atoms with Gasteiger partial charge in [0, 0.05) is 11.6 Å². The number of ketones is 1. The van der Waals surface area contributed by atoms with Gasteiger partial charge < -0.3 is 14.7 Å². The van der Waals surface area contributed by atoms with E-state index < -0.39 is 29.3 Å². The van der Waals surface area contributed by atoms with Gasteiger partial charge in [0.05, 0.1) is 29.3 Å². The van der Waals surface area contributed by atoms with Crippen molar-refractivity contribution >= 4 is 40.7 Å². The highest BCUT2D eigenvalue weighted by atomic mass is 35.5. The molecule has 30 heavy (non-hydrogen) atoms. The molecule has 0 spiro atoms. The van der Waals surface area contributed by atoms with Crippen molar-refractivity contribution in [2.45, 2.75) is 25.8 Å². The Hall–Kier alpha value is -2.57. The van der Waals surface area contributed by atoms with Gasteiger partial charge in [-0.05, 0) is 36.2 Å². The van der Waals surface area contributed by atoms with Gasteiger partial charge >= 0.3 is 0 Å². The van der Waals surface area contributed by atoms with Crippen LogP contribution in [0, 0.1) is 5.82 Å². The maximum Gasteiger partial charge on any atom is 0.295 e. The number of aliphatic hydroxyl groups is 1. The van der Waals surface area contributed by atoms with Gasteiger partial charge in [-0.2, -0.15) is 0 Å². The fraction of sp³-hybridized carbons (Fsp3) is 0.273. The predicted octanol–water partition coefficient (Wildman–Crippen LogP) is 5.36. The van der Waals surface area contributed by atoms with Gasteiger partial charge in [0.15, 0.2) is 0 Å². The largest absolute Gasteiger partial charge is 0.507 e. The van der Waals surface area contributed by atoms with Crippen LogP contribution in [-0.4, -0.2) is 35.4 Å². The number of hydrogen-bond acceptors (Lipinski definition) is 4. The number of carbonyl (C=O) groups excluding carboxylic acids is 2. The number of Topliss-reactive ketones (excluding diaryl/α,β-unsaturated/α-hetero) is 1. The highest BCUT2D eigenvalue weighted by Gasteiger charge is 2.46. The van der Waals surface area contributed by atoms with Gasteiger partial charge in [0.1, 0.15) is 17.3 Å². The zero-order chi connectivity index (χ0) is 22.0. The molecule has 1 N–H and O–H groups in total. The molecule has 2 aromatic rings. The van der Waals surface area contributed by atoms with Crippen LogP contribution >= 0.6 is 23.2 Å². The molecule has 8 heteroatoms. The minimum Gasteiger partial charge on any atom is -0.507 e. The summed E-state index contributed by atoms with van der Waals surface area (Å²) < 4.78 is 18.8. The van der Waals surface area contributed by atoms with Gasteiger partial charge in [-0.15, -0.1) is 0 Å². The Bertz CT molecular complexity index is 1020. The van der Waals surface area contributed by atoms with Gasteiger partial charge in [-0.3, -0.25) is 9.59 Å². The molecule has 1 atom stereocenters. The molecular formula is C22H20Cl2FNO4.